The molecular formula is C26H28ClNO4. The zero-order chi connectivity index (χ0) is 22.8. The Hall–Kier alpha value is -2.79. The molecule has 0 radical (unpaired) electrons. The summed E-state index contributed by atoms with van der Waals surface area (Å²) in [6.07, 6.45) is 4.67. The molecule has 1 heterocycles. The molecule has 1 unspecified atom stereocenters. The number of nitrogens with zero attached hydrogens (tertiary/aromatic N) is 1. The van der Waals surface area contributed by atoms with Crippen molar-refractivity contribution in [1.82, 2.24) is 4.90 Å². The van der Waals surface area contributed by atoms with E-state index in [2.05, 4.69) is 0 Å². The number of aryl methyl sites for hydroxylation is 1. The van der Waals surface area contributed by atoms with Crippen LogP contribution in [0.1, 0.15) is 61.8 Å². The van der Waals surface area contributed by atoms with Crippen LogP contribution in [0.15, 0.2) is 48.0 Å². The second-order valence-corrected chi connectivity index (χ2v) is 8.96. The zero-order valence-electron chi connectivity index (χ0n) is 18.4. The lowest BCUT2D eigenvalue weighted by Gasteiger charge is -2.30. The molecular weight excluding hydrogens is 426 g/mol. The molecule has 5 nitrogen and oxygen atoms in total. The summed E-state index contributed by atoms with van der Waals surface area (Å²) in [5.74, 6) is -0.602. The summed E-state index contributed by atoms with van der Waals surface area (Å²) in [5, 5.41) is 11.8. The number of carbonyl (C=O) groups excluding carboxylic acids is 2. The van der Waals surface area contributed by atoms with Gasteiger partial charge in [-0.25, -0.2) is 0 Å². The van der Waals surface area contributed by atoms with E-state index < -0.39 is 17.7 Å². The highest BCUT2D eigenvalue weighted by atomic mass is 35.5. The van der Waals surface area contributed by atoms with Gasteiger partial charge in [0.2, 0.25) is 0 Å². The van der Waals surface area contributed by atoms with Crippen molar-refractivity contribution in [2.45, 2.75) is 58.0 Å². The van der Waals surface area contributed by atoms with Gasteiger partial charge in [0.1, 0.15) is 11.5 Å². The SMILES string of the molecule is CCCOc1ccc(/C(O)=C2/C(=O)C(=O)N(C3CCCC3)C2c2ccc(Cl)cc2)cc1C. The minimum atomic E-state index is -0.640. The first-order valence-electron chi connectivity index (χ1n) is 11.2. The van der Waals surface area contributed by atoms with Gasteiger partial charge in [-0.3, -0.25) is 9.59 Å². The number of ketones is 1. The first-order chi connectivity index (χ1) is 15.4. The summed E-state index contributed by atoms with van der Waals surface area (Å²) in [4.78, 5) is 28.0. The number of Topliss-reactive ketones (excluding diaryl/α,β-unsaturated/α-hetero) is 1. The van der Waals surface area contributed by atoms with E-state index in [1.165, 1.54) is 0 Å². The molecule has 0 aromatic heterocycles. The Morgan fingerprint density at radius 2 is 1.81 bits per heavy atom. The second-order valence-electron chi connectivity index (χ2n) is 8.52. The van der Waals surface area contributed by atoms with Crippen LogP contribution in [0.25, 0.3) is 5.76 Å². The molecule has 1 amide bonds. The molecule has 6 heteroatoms. The normalized spacial score (nSPS) is 20.8. The Morgan fingerprint density at radius 3 is 2.44 bits per heavy atom. The third-order valence-corrected chi connectivity index (χ3v) is 6.55. The van der Waals surface area contributed by atoms with Crippen LogP contribution in [0.4, 0.5) is 0 Å². The highest BCUT2D eigenvalue weighted by Crippen LogP contribution is 2.43. The van der Waals surface area contributed by atoms with Crippen LogP contribution in [0.3, 0.4) is 0 Å². The van der Waals surface area contributed by atoms with Gasteiger partial charge >= 0.3 is 0 Å². The van der Waals surface area contributed by atoms with Crippen molar-refractivity contribution in [3.63, 3.8) is 0 Å². The molecule has 0 bridgehead atoms. The van der Waals surface area contributed by atoms with Crippen LogP contribution in [0.5, 0.6) is 5.75 Å². The number of aliphatic hydroxyl groups is 1. The maximum Gasteiger partial charge on any atom is 0.295 e. The lowest BCUT2D eigenvalue weighted by atomic mass is 9.94. The number of hydrogen-bond donors (Lipinski definition) is 1. The molecule has 2 aromatic carbocycles. The van der Waals surface area contributed by atoms with Gasteiger partial charge in [-0.1, -0.05) is 43.5 Å². The number of carbonyl (C=O) groups is 2. The number of benzene rings is 2. The van der Waals surface area contributed by atoms with E-state index in [-0.39, 0.29) is 17.4 Å². The summed E-state index contributed by atoms with van der Waals surface area (Å²) in [6.45, 7) is 4.54. The van der Waals surface area contributed by atoms with E-state index in [9.17, 15) is 14.7 Å². The van der Waals surface area contributed by atoms with Crippen LogP contribution >= 0.6 is 11.6 Å². The number of halogens is 1. The predicted molar refractivity (Wildman–Crippen MR) is 125 cm³/mol. The molecule has 2 fully saturated rings. The fourth-order valence-electron chi connectivity index (χ4n) is 4.71. The minimum absolute atomic E-state index is 0.0102. The molecule has 1 atom stereocenters. The quantitative estimate of drug-likeness (QED) is 0.341. The van der Waals surface area contributed by atoms with Crippen LogP contribution in [-0.4, -0.2) is 34.3 Å². The lowest BCUT2D eigenvalue weighted by molar-refractivity contribution is -0.141. The molecule has 1 saturated carbocycles. The van der Waals surface area contributed by atoms with E-state index in [4.69, 9.17) is 16.3 Å². The van der Waals surface area contributed by atoms with Crippen molar-refractivity contribution in [3.05, 3.63) is 69.8 Å². The van der Waals surface area contributed by atoms with Gasteiger partial charge in [0.15, 0.2) is 0 Å². The Bertz CT molecular complexity index is 1050. The van der Waals surface area contributed by atoms with Crippen LogP contribution in [0.2, 0.25) is 5.02 Å². The first-order valence-corrected chi connectivity index (χ1v) is 11.6. The second kappa shape index (κ2) is 9.37. The van der Waals surface area contributed by atoms with E-state index in [0.717, 1.165) is 49.0 Å². The molecule has 1 aliphatic heterocycles. The van der Waals surface area contributed by atoms with Gasteiger partial charge in [-0.05, 0) is 67.6 Å². The van der Waals surface area contributed by atoms with E-state index in [0.29, 0.717) is 17.2 Å². The molecule has 1 saturated heterocycles. The van der Waals surface area contributed by atoms with Crippen LogP contribution < -0.4 is 4.74 Å². The first kappa shape index (κ1) is 22.4. The number of ether oxygens (including phenoxy) is 1. The van der Waals surface area contributed by atoms with Gasteiger partial charge in [0.25, 0.3) is 11.7 Å². The molecule has 1 N–H and O–H groups in total. The molecule has 2 aliphatic rings. The van der Waals surface area contributed by atoms with Crippen molar-refractivity contribution < 1.29 is 19.4 Å². The molecule has 168 valence electrons. The maximum atomic E-state index is 13.2. The third-order valence-electron chi connectivity index (χ3n) is 6.29. The predicted octanol–water partition coefficient (Wildman–Crippen LogP) is 5.80. The zero-order valence-corrected chi connectivity index (χ0v) is 19.2. The lowest BCUT2D eigenvalue weighted by Crippen LogP contribution is -2.37. The highest BCUT2D eigenvalue weighted by Gasteiger charge is 2.49. The minimum Gasteiger partial charge on any atom is -0.507 e. The Kier molecular flexibility index (Phi) is 6.56. The van der Waals surface area contributed by atoms with Gasteiger partial charge in [-0.15, -0.1) is 0 Å². The van der Waals surface area contributed by atoms with Crippen molar-refractivity contribution in [2.24, 2.45) is 0 Å². The summed E-state index contributed by atoms with van der Waals surface area (Å²) in [5.41, 5.74) is 2.25. The number of rotatable bonds is 6. The fraction of sp³-hybridized carbons (Fsp3) is 0.385. The molecule has 4 rings (SSSR count). The van der Waals surface area contributed by atoms with Crippen LogP contribution in [-0.2, 0) is 9.59 Å². The molecule has 0 spiro atoms. The van der Waals surface area contributed by atoms with E-state index >= 15 is 0 Å². The number of likely N-dealkylation sites (tertiary alicyclic amines) is 1. The largest absolute Gasteiger partial charge is 0.507 e. The van der Waals surface area contributed by atoms with Crippen molar-refractivity contribution in [3.8, 4) is 5.75 Å². The summed E-state index contributed by atoms with van der Waals surface area (Å²) < 4.78 is 5.73. The van der Waals surface area contributed by atoms with Gasteiger partial charge < -0.3 is 14.7 Å². The highest BCUT2D eigenvalue weighted by molar-refractivity contribution is 6.46. The molecule has 2 aromatic rings. The Balaban J connectivity index is 1.81. The standard InChI is InChI=1S/C26H28ClNO4/c1-3-14-32-21-13-10-18(15-16(21)2)24(29)22-23(17-8-11-19(27)12-9-17)28(26(31)25(22)30)20-6-4-5-7-20/h8-13,15,20,23,29H,3-7,14H2,1-2H3/b24-22-. The van der Waals surface area contributed by atoms with Crippen molar-refractivity contribution in [2.75, 3.05) is 6.61 Å². The smallest absolute Gasteiger partial charge is 0.295 e. The topological polar surface area (TPSA) is 66.8 Å². The number of amides is 1. The van der Waals surface area contributed by atoms with Gasteiger partial charge in [0.05, 0.1) is 18.2 Å². The van der Waals surface area contributed by atoms with Crippen molar-refractivity contribution in [1.29, 1.82) is 0 Å². The number of aliphatic hydroxyl groups excluding tert-OH is 1. The summed E-state index contributed by atoms with van der Waals surface area (Å²) >= 11 is 6.08. The van der Waals surface area contributed by atoms with Crippen molar-refractivity contribution >= 4 is 29.1 Å². The van der Waals surface area contributed by atoms with Gasteiger partial charge in [-0.2, -0.15) is 0 Å². The summed E-state index contributed by atoms with van der Waals surface area (Å²) in [7, 11) is 0. The van der Waals surface area contributed by atoms with E-state index in [1.54, 1.807) is 35.2 Å². The third kappa shape index (κ3) is 4.14. The Labute approximate surface area is 193 Å². The maximum absolute atomic E-state index is 13.2. The average molecular weight is 454 g/mol. The van der Waals surface area contributed by atoms with Crippen LogP contribution in [0, 0.1) is 6.92 Å². The fourth-order valence-corrected chi connectivity index (χ4v) is 4.83. The summed E-state index contributed by atoms with van der Waals surface area (Å²) in [6, 6.07) is 11.8. The Morgan fingerprint density at radius 1 is 1.12 bits per heavy atom. The average Bonchev–Trinajstić information content (AvgIpc) is 3.40. The van der Waals surface area contributed by atoms with Gasteiger partial charge in [0, 0.05) is 16.6 Å². The number of hydrogen-bond acceptors (Lipinski definition) is 4. The molecule has 32 heavy (non-hydrogen) atoms. The molecule has 1 aliphatic carbocycles. The van der Waals surface area contributed by atoms with E-state index in [1.807, 2.05) is 26.0 Å². The monoisotopic (exact) mass is 453 g/mol.